The molecule has 116 valence electrons. The van der Waals surface area contributed by atoms with E-state index >= 15 is 0 Å². The molecular weight excluding hydrogens is 328 g/mol. The van der Waals surface area contributed by atoms with Crippen molar-refractivity contribution in [1.82, 2.24) is 4.98 Å². The van der Waals surface area contributed by atoms with Crippen LogP contribution < -0.4 is 10.2 Å². The first kappa shape index (κ1) is 16.5. The van der Waals surface area contributed by atoms with Gasteiger partial charge in [-0.3, -0.25) is 4.79 Å². The van der Waals surface area contributed by atoms with E-state index < -0.39 is 5.82 Å². The SMILES string of the molecule is CCN(CC(=O)Nc1c(Cl)cccc1Cl)c1ncccc1F. The number of amides is 1. The first-order valence-corrected chi connectivity index (χ1v) is 7.37. The minimum Gasteiger partial charge on any atom is -0.345 e. The van der Waals surface area contributed by atoms with Crippen LogP contribution in [0.25, 0.3) is 0 Å². The summed E-state index contributed by atoms with van der Waals surface area (Å²) in [7, 11) is 0. The number of rotatable bonds is 5. The van der Waals surface area contributed by atoms with Crippen LogP contribution >= 0.6 is 23.2 Å². The van der Waals surface area contributed by atoms with Gasteiger partial charge in [0, 0.05) is 12.7 Å². The first-order valence-electron chi connectivity index (χ1n) is 6.62. The zero-order valence-corrected chi connectivity index (χ0v) is 13.3. The Morgan fingerprint density at radius 1 is 1.27 bits per heavy atom. The maximum absolute atomic E-state index is 13.8. The van der Waals surface area contributed by atoms with Gasteiger partial charge in [-0.25, -0.2) is 9.37 Å². The molecule has 1 amide bonds. The van der Waals surface area contributed by atoms with Gasteiger partial charge < -0.3 is 10.2 Å². The molecule has 0 atom stereocenters. The van der Waals surface area contributed by atoms with E-state index in [1.54, 1.807) is 18.2 Å². The van der Waals surface area contributed by atoms with E-state index in [4.69, 9.17) is 23.2 Å². The summed E-state index contributed by atoms with van der Waals surface area (Å²) in [5.74, 6) is -0.708. The lowest BCUT2D eigenvalue weighted by Gasteiger charge is -2.21. The number of carbonyl (C=O) groups is 1. The number of para-hydroxylation sites is 1. The number of likely N-dealkylation sites (N-methyl/N-ethyl adjacent to an activating group) is 1. The molecule has 1 aromatic heterocycles. The van der Waals surface area contributed by atoms with Gasteiger partial charge in [-0.05, 0) is 31.2 Å². The fourth-order valence-corrected chi connectivity index (χ4v) is 2.41. The zero-order chi connectivity index (χ0) is 16.1. The number of aromatic nitrogens is 1. The van der Waals surface area contributed by atoms with Gasteiger partial charge in [0.05, 0.1) is 22.3 Å². The van der Waals surface area contributed by atoms with Gasteiger partial charge in [0.1, 0.15) is 0 Å². The molecule has 0 spiro atoms. The molecular formula is C15H14Cl2FN3O. The summed E-state index contributed by atoms with van der Waals surface area (Å²) in [4.78, 5) is 17.6. The molecule has 0 aliphatic heterocycles. The van der Waals surface area contributed by atoms with Gasteiger partial charge in [0.15, 0.2) is 11.6 Å². The van der Waals surface area contributed by atoms with Crippen LogP contribution in [0.4, 0.5) is 15.9 Å². The molecule has 2 aromatic rings. The zero-order valence-electron chi connectivity index (χ0n) is 11.8. The Balaban J connectivity index is 2.12. The summed E-state index contributed by atoms with van der Waals surface area (Å²) in [6.07, 6.45) is 1.48. The largest absolute Gasteiger partial charge is 0.345 e. The van der Waals surface area contributed by atoms with Crippen LogP contribution in [0, 0.1) is 5.82 Å². The van der Waals surface area contributed by atoms with E-state index in [1.165, 1.54) is 23.2 Å². The van der Waals surface area contributed by atoms with Crippen LogP contribution in [0.15, 0.2) is 36.5 Å². The van der Waals surface area contributed by atoms with Crippen molar-refractivity contribution in [3.8, 4) is 0 Å². The van der Waals surface area contributed by atoms with Crippen molar-refractivity contribution in [3.05, 3.63) is 52.4 Å². The molecule has 0 saturated heterocycles. The van der Waals surface area contributed by atoms with E-state index in [-0.39, 0.29) is 18.3 Å². The van der Waals surface area contributed by atoms with Crippen molar-refractivity contribution < 1.29 is 9.18 Å². The highest BCUT2D eigenvalue weighted by molar-refractivity contribution is 6.39. The highest BCUT2D eigenvalue weighted by Crippen LogP contribution is 2.29. The Hall–Kier alpha value is -1.85. The third kappa shape index (κ3) is 3.87. The van der Waals surface area contributed by atoms with Crippen molar-refractivity contribution >= 4 is 40.6 Å². The second kappa shape index (κ2) is 7.42. The number of hydrogen-bond donors (Lipinski definition) is 1. The predicted molar refractivity (Wildman–Crippen MR) is 87.2 cm³/mol. The average molecular weight is 342 g/mol. The third-order valence-electron chi connectivity index (χ3n) is 2.98. The van der Waals surface area contributed by atoms with Gasteiger partial charge >= 0.3 is 0 Å². The smallest absolute Gasteiger partial charge is 0.244 e. The van der Waals surface area contributed by atoms with Crippen LogP contribution in [0.5, 0.6) is 0 Å². The maximum Gasteiger partial charge on any atom is 0.244 e. The fraction of sp³-hybridized carbons (Fsp3) is 0.200. The number of hydrogen-bond acceptors (Lipinski definition) is 3. The quantitative estimate of drug-likeness (QED) is 0.894. The van der Waals surface area contributed by atoms with Crippen LogP contribution in [0.1, 0.15) is 6.92 Å². The van der Waals surface area contributed by atoms with E-state index in [0.29, 0.717) is 22.3 Å². The van der Waals surface area contributed by atoms with Gasteiger partial charge in [-0.1, -0.05) is 29.3 Å². The second-order valence-electron chi connectivity index (χ2n) is 4.47. The Bertz CT molecular complexity index is 661. The molecule has 0 aliphatic carbocycles. The van der Waals surface area contributed by atoms with E-state index in [9.17, 15) is 9.18 Å². The highest BCUT2D eigenvalue weighted by atomic mass is 35.5. The molecule has 1 heterocycles. The summed E-state index contributed by atoms with van der Waals surface area (Å²) in [6.45, 7) is 2.17. The van der Waals surface area contributed by atoms with Gasteiger partial charge in [-0.2, -0.15) is 0 Å². The number of benzene rings is 1. The molecule has 1 N–H and O–H groups in total. The molecule has 22 heavy (non-hydrogen) atoms. The lowest BCUT2D eigenvalue weighted by molar-refractivity contribution is -0.115. The summed E-state index contributed by atoms with van der Waals surface area (Å²) in [5.41, 5.74) is 0.341. The molecule has 0 unspecified atom stereocenters. The molecule has 0 bridgehead atoms. The van der Waals surface area contributed by atoms with Crippen molar-refractivity contribution in [2.24, 2.45) is 0 Å². The standard InChI is InChI=1S/C15H14Cl2FN3O/c1-2-21(15-12(18)7-4-8-19-15)9-13(22)20-14-10(16)5-3-6-11(14)17/h3-8H,2,9H2,1H3,(H,20,22). The average Bonchev–Trinajstić information content (AvgIpc) is 2.49. The maximum atomic E-state index is 13.8. The summed E-state index contributed by atoms with van der Waals surface area (Å²) in [6, 6.07) is 7.73. The van der Waals surface area contributed by atoms with Crippen LogP contribution in [0.3, 0.4) is 0 Å². The Kier molecular flexibility index (Phi) is 5.57. The Morgan fingerprint density at radius 2 is 1.95 bits per heavy atom. The molecule has 0 aliphatic rings. The van der Waals surface area contributed by atoms with Crippen molar-refractivity contribution in [2.45, 2.75) is 6.92 Å². The van der Waals surface area contributed by atoms with E-state index in [2.05, 4.69) is 10.3 Å². The minimum absolute atomic E-state index is 0.0635. The van der Waals surface area contributed by atoms with E-state index in [1.807, 2.05) is 6.92 Å². The lowest BCUT2D eigenvalue weighted by atomic mass is 10.3. The third-order valence-corrected chi connectivity index (χ3v) is 3.61. The molecule has 7 heteroatoms. The first-order chi connectivity index (χ1) is 10.5. The van der Waals surface area contributed by atoms with Crippen LogP contribution in [-0.2, 0) is 4.79 Å². The van der Waals surface area contributed by atoms with Crippen molar-refractivity contribution in [3.63, 3.8) is 0 Å². The van der Waals surface area contributed by atoms with Gasteiger partial charge in [0.2, 0.25) is 5.91 Å². The topological polar surface area (TPSA) is 45.2 Å². The second-order valence-corrected chi connectivity index (χ2v) is 5.28. The molecule has 0 radical (unpaired) electrons. The number of anilines is 2. The monoisotopic (exact) mass is 341 g/mol. The minimum atomic E-state index is -0.479. The van der Waals surface area contributed by atoms with Gasteiger partial charge in [0.25, 0.3) is 0 Å². The fourth-order valence-electron chi connectivity index (χ4n) is 1.92. The molecule has 1 aromatic carbocycles. The number of halogens is 3. The summed E-state index contributed by atoms with van der Waals surface area (Å²) >= 11 is 12.0. The molecule has 0 saturated carbocycles. The predicted octanol–water partition coefficient (Wildman–Crippen LogP) is 3.99. The summed E-state index contributed by atoms with van der Waals surface area (Å²) < 4.78 is 13.8. The lowest BCUT2D eigenvalue weighted by Crippen LogP contribution is -2.34. The van der Waals surface area contributed by atoms with Crippen LogP contribution in [0.2, 0.25) is 10.0 Å². The Morgan fingerprint density at radius 3 is 2.55 bits per heavy atom. The number of carbonyl (C=O) groups excluding carboxylic acids is 1. The molecule has 4 nitrogen and oxygen atoms in total. The number of nitrogens with zero attached hydrogens (tertiary/aromatic N) is 2. The number of pyridine rings is 1. The van der Waals surface area contributed by atoms with Gasteiger partial charge in [-0.15, -0.1) is 0 Å². The number of nitrogens with one attached hydrogen (secondary N) is 1. The van der Waals surface area contributed by atoms with Crippen LogP contribution in [-0.4, -0.2) is 24.0 Å². The van der Waals surface area contributed by atoms with Crippen molar-refractivity contribution in [1.29, 1.82) is 0 Å². The molecule has 0 fully saturated rings. The Labute approximate surface area is 137 Å². The van der Waals surface area contributed by atoms with E-state index in [0.717, 1.165) is 0 Å². The van der Waals surface area contributed by atoms with Crippen molar-refractivity contribution in [2.75, 3.05) is 23.3 Å². The molecule has 2 rings (SSSR count). The summed E-state index contributed by atoms with van der Waals surface area (Å²) in [5, 5.41) is 3.32. The normalized spacial score (nSPS) is 10.4. The highest BCUT2D eigenvalue weighted by Gasteiger charge is 2.16.